The molecule has 0 N–H and O–H groups in total. The predicted molar refractivity (Wildman–Crippen MR) is 75.6 cm³/mol. The molecule has 0 aliphatic rings. The Labute approximate surface area is 122 Å². The minimum atomic E-state index is 0. The summed E-state index contributed by atoms with van der Waals surface area (Å²) in [6, 6.07) is 19.6. The summed E-state index contributed by atoms with van der Waals surface area (Å²) in [5, 5.41) is 0. The van der Waals surface area contributed by atoms with Gasteiger partial charge in [-0.05, 0) is 24.3 Å². The van der Waals surface area contributed by atoms with Crippen molar-refractivity contribution >= 4 is 23.8 Å². The van der Waals surface area contributed by atoms with Gasteiger partial charge in [-0.2, -0.15) is 0 Å². The number of aliphatic imine (C=N–C) groups is 2. The fourth-order valence-electron chi connectivity index (χ4n) is 1.27. The Balaban J connectivity index is 0.00000144. The summed E-state index contributed by atoms with van der Waals surface area (Å²) < 4.78 is 0. The van der Waals surface area contributed by atoms with Crippen molar-refractivity contribution in [1.82, 2.24) is 0 Å². The summed E-state index contributed by atoms with van der Waals surface area (Å²) >= 11 is 0. The minimum absolute atomic E-state index is 0. The molecule has 0 amide bonds. The first kappa shape index (κ1) is 16.4. The van der Waals surface area contributed by atoms with Crippen LogP contribution >= 0.6 is 0 Å². The van der Waals surface area contributed by atoms with Crippen molar-refractivity contribution in [3.8, 4) is 0 Å². The van der Waals surface area contributed by atoms with Crippen LogP contribution in [0.15, 0.2) is 70.6 Å². The van der Waals surface area contributed by atoms with Crippen molar-refractivity contribution in [2.45, 2.75) is 0 Å². The van der Waals surface area contributed by atoms with Gasteiger partial charge in [0.2, 0.25) is 0 Å². The van der Waals surface area contributed by atoms with E-state index >= 15 is 0 Å². The summed E-state index contributed by atoms with van der Waals surface area (Å²) in [7, 11) is 0. The number of hydrogen-bond donors (Lipinski definition) is 0. The van der Waals surface area contributed by atoms with Crippen LogP contribution in [-0.4, -0.2) is 12.4 Å². The smallest absolute Gasteiger partial charge is 0.0630 e. The van der Waals surface area contributed by atoms with Crippen molar-refractivity contribution in [1.29, 1.82) is 0 Å². The molecule has 0 heterocycles. The first-order chi connectivity index (χ1) is 7.95. The molecule has 2 aromatic carbocycles. The maximum atomic E-state index is 4.25. The second-order valence-corrected chi connectivity index (χ2v) is 3.23. The third kappa shape index (κ3) is 5.68. The molecular weight excluding hydrogens is 315 g/mol. The molecule has 0 aliphatic carbocycles. The number of nitrogens with zero attached hydrogens (tertiary/aromatic N) is 2. The SMILES string of the molecule is C(C=Nc1ccccc1)=Nc1ccccc1.[CH3-].[Pd]. The normalized spacial score (nSPS) is 10.0. The van der Waals surface area contributed by atoms with E-state index in [4.69, 9.17) is 0 Å². The maximum absolute atomic E-state index is 4.25. The van der Waals surface area contributed by atoms with Gasteiger partial charge < -0.3 is 7.43 Å². The van der Waals surface area contributed by atoms with Crippen molar-refractivity contribution in [3.05, 3.63) is 68.1 Å². The van der Waals surface area contributed by atoms with Crippen LogP contribution < -0.4 is 0 Å². The van der Waals surface area contributed by atoms with E-state index in [2.05, 4.69) is 9.98 Å². The van der Waals surface area contributed by atoms with Gasteiger partial charge in [-0.15, -0.1) is 0 Å². The monoisotopic (exact) mass is 329 g/mol. The largest absolute Gasteiger partial charge is 0.358 e. The van der Waals surface area contributed by atoms with Crippen molar-refractivity contribution in [2.24, 2.45) is 9.98 Å². The molecule has 0 aromatic heterocycles. The van der Waals surface area contributed by atoms with E-state index in [-0.39, 0.29) is 27.8 Å². The van der Waals surface area contributed by atoms with Crippen molar-refractivity contribution in [2.75, 3.05) is 0 Å². The van der Waals surface area contributed by atoms with Crippen LogP contribution in [0.2, 0.25) is 0 Å². The topological polar surface area (TPSA) is 24.7 Å². The molecule has 2 nitrogen and oxygen atoms in total. The van der Waals surface area contributed by atoms with Gasteiger partial charge in [-0.3, -0.25) is 9.98 Å². The van der Waals surface area contributed by atoms with E-state index < -0.39 is 0 Å². The number of hydrogen-bond acceptors (Lipinski definition) is 2. The van der Waals surface area contributed by atoms with Gasteiger partial charge >= 0.3 is 0 Å². The van der Waals surface area contributed by atoms with Crippen LogP contribution in [0.1, 0.15) is 0 Å². The van der Waals surface area contributed by atoms with Crippen molar-refractivity contribution in [3.63, 3.8) is 0 Å². The van der Waals surface area contributed by atoms with Gasteiger partial charge in [0.15, 0.2) is 0 Å². The zero-order valence-corrected chi connectivity index (χ0v) is 11.7. The van der Waals surface area contributed by atoms with Gasteiger partial charge in [-0.25, -0.2) is 0 Å². The fourth-order valence-corrected chi connectivity index (χ4v) is 1.27. The third-order valence-electron chi connectivity index (χ3n) is 2.03. The molecule has 0 spiro atoms. The first-order valence-electron chi connectivity index (χ1n) is 5.12. The van der Waals surface area contributed by atoms with Crippen molar-refractivity contribution < 1.29 is 20.4 Å². The molecule has 2 aromatic rings. The zero-order chi connectivity index (χ0) is 11.1. The van der Waals surface area contributed by atoms with E-state index in [1.54, 1.807) is 12.4 Å². The molecule has 0 atom stereocenters. The van der Waals surface area contributed by atoms with E-state index in [0.29, 0.717) is 0 Å². The molecule has 0 radical (unpaired) electrons. The van der Waals surface area contributed by atoms with Gasteiger partial charge in [0.05, 0.1) is 11.4 Å². The number of para-hydroxylation sites is 2. The van der Waals surface area contributed by atoms with Crippen LogP contribution in [-0.2, 0) is 20.4 Å². The quantitative estimate of drug-likeness (QED) is 0.457. The Morgan fingerprint density at radius 2 is 0.944 bits per heavy atom. The van der Waals surface area contributed by atoms with Crippen LogP contribution in [0.4, 0.5) is 11.4 Å². The van der Waals surface area contributed by atoms with Crippen LogP contribution in [0.3, 0.4) is 0 Å². The standard InChI is InChI=1S/C14H12N2.CH3.Pd/c1-3-7-13(8-4-1)15-11-12-16-14-9-5-2-6-10-14;;/h1-12H;1H3;/q;-1;. The van der Waals surface area contributed by atoms with Gasteiger partial charge in [-0.1, -0.05) is 36.4 Å². The Morgan fingerprint density at radius 3 is 1.28 bits per heavy atom. The predicted octanol–water partition coefficient (Wildman–Crippen LogP) is 4.24. The molecule has 0 saturated heterocycles. The van der Waals surface area contributed by atoms with Gasteiger partial charge in [0, 0.05) is 32.9 Å². The maximum Gasteiger partial charge on any atom is 0.0630 e. The Morgan fingerprint density at radius 1 is 0.611 bits per heavy atom. The van der Waals surface area contributed by atoms with E-state index in [9.17, 15) is 0 Å². The molecule has 0 saturated carbocycles. The van der Waals surface area contributed by atoms with E-state index in [1.807, 2.05) is 60.7 Å². The van der Waals surface area contributed by atoms with Crippen LogP contribution in [0.25, 0.3) is 0 Å². The summed E-state index contributed by atoms with van der Waals surface area (Å²) in [5.74, 6) is 0. The second-order valence-electron chi connectivity index (χ2n) is 3.23. The van der Waals surface area contributed by atoms with Gasteiger partial charge in [0.25, 0.3) is 0 Å². The minimum Gasteiger partial charge on any atom is -0.358 e. The molecule has 0 fully saturated rings. The molecule has 18 heavy (non-hydrogen) atoms. The van der Waals surface area contributed by atoms with E-state index in [0.717, 1.165) is 11.4 Å². The molecule has 0 bridgehead atoms. The Kier molecular flexibility index (Phi) is 8.65. The zero-order valence-electron chi connectivity index (χ0n) is 10.1. The van der Waals surface area contributed by atoms with E-state index in [1.165, 1.54) is 0 Å². The first-order valence-corrected chi connectivity index (χ1v) is 5.12. The molecule has 3 heteroatoms. The Bertz CT molecular complexity index is 431. The van der Waals surface area contributed by atoms with Crippen LogP contribution in [0.5, 0.6) is 0 Å². The molecule has 96 valence electrons. The number of rotatable bonds is 3. The molecule has 2 rings (SSSR count). The van der Waals surface area contributed by atoms with Crippen LogP contribution in [0, 0.1) is 7.43 Å². The fraction of sp³-hybridized carbons (Fsp3) is 0. The summed E-state index contributed by atoms with van der Waals surface area (Å²) in [6.45, 7) is 0. The summed E-state index contributed by atoms with van der Waals surface area (Å²) in [6.07, 6.45) is 3.39. The summed E-state index contributed by atoms with van der Waals surface area (Å²) in [4.78, 5) is 8.49. The third-order valence-corrected chi connectivity index (χ3v) is 2.03. The summed E-state index contributed by atoms with van der Waals surface area (Å²) in [5.41, 5.74) is 1.86. The molecule has 0 aliphatic heterocycles. The molecule has 0 unspecified atom stereocenters. The second kappa shape index (κ2) is 9.47. The molecular formula is C15H15N2Pd-. The Hall–Kier alpha value is -1.56. The number of benzene rings is 2. The average molecular weight is 330 g/mol. The average Bonchev–Trinajstić information content (AvgIpc) is 2.37. The van der Waals surface area contributed by atoms with Gasteiger partial charge in [0.1, 0.15) is 0 Å².